The Hall–Kier alpha value is -3.38. The third kappa shape index (κ3) is 4.47. The molecule has 1 amide bonds. The van der Waals surface area contributed by atoms with E-state index >= 15 is 0 Å². The minimum Gasteiger partial charge on any atom is -0.395 e. The van der Waals surface area contributed by atoms with Gasteiger partial charge in [-0.25, -0.2) is 9.97 Å². The van der Waals surface area contributed by atoms with Gasteiger partial charge in [-0.15, -0.1) is 0 Å². The number of nitrogens with one attached hydrogen (secondary N) is 2. The highest BCUT2D eigenvalue weighted by Gasteiger charge is 2.29. The van der Waals surface area contributed by atoms with Crippen LogP contribution in [0.3, 0.4) is 0 Å². The molecule has 0 radical (unpaired) electrons. The fourth-order valence-corrected chi connectivity index (χ4v) is 2.86. The van der Waals surface area contributed by atoms with E-state index in [4.69, 9.17) is 5.11 Å². The number of nitrogens with zero attached hydrogens (tertiary/aromatic N) is 6. The summed E-state index contributed by atoms with van der Waals surface area (Å²) in [6, 6.07) is 4.85. The molecule has 1 fully saturated rings. The van der Waals surface area contributed by atoms with Crippen LogP contribution in [-0.4, -0.2) is 75.1 Å². The van der Waals surface area contributed by atoms with E-state index in [0.717, 1.165) is 0 Å². The van der Waals surface area contributed by atoms with Crippen molar-refractivity contribution in [3.63, 3.8) is 0 Å². The fourth-order valence-electron chi connectivity index (χ4n) is 2.86. The molecule has 0 atom stereocenters. The molecule has 0 aromatic carbocycles. The van der Waals surface area contributed by atoms with E-state index in [1.807, 2.05) is 0 Å². The van der Waals surface area contributed by atoms with Crippen LogP contribution in [0, 0.1) is 10.1 Å². The lowest BCUT2D eigenvalue weighted by Crippen LogP contribution is -2.47. The molecule has 1 saturated heterocycles. The SMILES string of the molecule is O=C(NNc1ncnc(N2CCN(CCO)CC2)c1[N+](=O)[O-])c1ccccn1. The van der Waals surface area contributed by atoms with E-state index in [1.54, 1.807) is 17.0 Å². The molecule has 12 nitrogen and oxygen atoms in total. The molecule has 0 bridgehead atoms. The van der Waals surface area contributed by atoms with Crippen LogP contribution in [-0.2, 0) is 0 Å². The van der Waals surface area contributed by atoms with Gasteiger partial charge in [-0.2, -0.15) is 0 Å². The number of aromatic nitrogens is 3. The lowest BCUT2D eigenvalue weighted by molar-refractivity contribution is -0.383. The second-order valence-electron chi connectivity index (χ2n) is 6.00. The van der Waals surface area contributed by atoms with Gasteiger partial charge in [0.1, 0.15) is 12.0 Å². The van der Waals surface area contributed by atoms with Crippen LogP contribution in [0.4, 0.5) is 17.3 Å². The molecule has 2 aromatic heterocycles. The molecule has 3 N–H and O–H groups in total. The van der Waals surface area contributed by atoms with Gasteiger partial charge in [-0.1, -0.05) is 6.07 Å². The Labute approximate surface area is 160 Å². The Morgan fingerprint density at radius 3 is 2.64 bits per heavy atom. The molecule has 3 heterocycles. The van der Waals surface area contributed by atoms with Crippen LogP contribution < -0.4 is 15.8 Å². The maximum absolute atomic E-state index is 12.1. The van der Waals surface area contributed by atoms with E-state index in [-0.39, 0.29) is 29.6 Å². The largest absolute Gasteiger partial charge is 0.395 e. The number of anilines is 2. The predicted molar refractivity (Wildman–Crippen MR) is 99.8 cm³/mol. The van der Waals surface area contributed by atoms with Crippen molar-refractivity contribution in [3.05, 3.63) is 46.5 Å². The summed E-state index contributed by atoms with van der Waals surface area (Å²) >= 11 is 0. The molecule has 148 valence electrons. The molecule has 28 heavy (non-hydrogen) atoms. The van der Waals surface area contributed by atoms with Gasteiger partial charge in [0.05, 0.1) is 11.5 Å². The fraction of sp³-hybridized carbons (Fsp3) is 0.375. The van der Waals surface area contributed by atoms with Gasteiger partial charge < -0.3 is 10.0 Å². The number of aliphatic hydroxyl groups is 1. The number of carbonyl (C=O) groups is 1. The Bertz CT molecular complexity index is 827. The number of hydrogen-bond acceptors (Lipinski definition) is 10. The van der Waals surface area contributed by atoms with Gasteiger partial charge >= 0.3 is 5.69 Å². The van der Waals surface area contributed by atoms with Crippen molar-refractivity contribution < 1.29 is 14.8 Å². The van der Waals surface area contributed by atoms with Crippen LogP contribution in [0.25, 0.3) is 0 Å². The second-order valence-corrected chi connectivity index (χ2v) is 6.00. The van der Waals surface area contributed by atoms with E-state index in [2.05, 4.69) is 30.7 Å². The maximum atomic E-state index is 12.1. The highest BCUT2D eigenvalue weighted by atomic mass is 16.6. The molecule has 12 heteroatoms. The molecule has 0 saturated carbocycles. The number of aliphatic hydroxyl groups excluding tert-OH is 1. The Morgan fingerprint density at radius 1 is 1.21 bits per heavy atom. The third-order valence-corrected chi connectivity index (χ3v) is 4.27. The minimum absolute atomic E-state index is 0.0672. The summed E-state index contributed by atoms with van der Waals surface area (Å²) in [5.41, 5.74) is 4.70. The normalized spacial score (nSPS) is 14.5. The quantitative estimate of drug-likeness (QED) is 0.424. The van der Waals surface area contributed by atoms with Gasteiger partial charge in [0.15, 0.2) is 0 Å². The number of piperazine rings is 1. The first-order chi connectivity index (χ1) is 13.6. The standard InChI is InChI=1S/C16H20N8O4/c25-10-9-22-5-7-23(8-6-22)15-13(24(27)28)14(18-11-19-15)20-21-16(26)12-3-1-2-4-17-12/h1-4,11,25H,5-10H2,(H,21,26)(H,18,19,20). The smallest absolute Gasteiger partial charge is 0.355 e. The first kappa shape index (κ1) is 19.4. The zero-order valence-corrected chi connectivity index (χ0v) is 15.0. The number of nitro groups is 1. The minimum atomic E-state index is -0.579. The monoisotopic (exact) mass is 388 g/mol. The van der Waals surface area contributed by atoms with Crippen LogP contribution in [0.1, 0.15) is 10.5 Å². The lowest BCUT2D eigenvalue weighted by atomic mass is 10.3. The van der Waals surface area contributed by atoms with Gasteiger partial charge in [-0.3, -0.25) is 35.6 Å². The van der Waals surface area contributed by atoms with Crippen molar-refractivity contribution in [1.82, 2.24) is 25.3 Å². The van der Waals surface area contributed by atoms with Crippen molar-refractivity contribution in [3.8, 4) is 0 Å². The Balaban J connectivity index is 1.75. The number of carbonyl (C=O) groups excluding carboxylic acids is 1. The average Bonchev–Trinajstić information content (AvgIpc) is 2.73. The second kappa shape index (κ2) is 9.01. The molecule has 0 unspecified atom stereocenters. The summed E-state index contributed by atoms with van der Waals surface area (Å²) in [5, 5.41) is 20.7. The molecule has 3 rings (SSSR count). The summed E-state index contributed by atoms with van der Waals surface area (Å²) in [6.07, 6.45) is 2.67. The van der Waals surface area contributed by atoms with Crippen molar-refractivity contribution in [2.24, 2.45) is 0 Å². The maximum Gasteiger partial charge on any atom is 0.355 e. The van der Waals surface area contributed by atoms with E-state index in [9.17, 15) is 14.9 Å². The summed E-state index contributed by atoms with van der Waals surface area (Å²) in [4.78, 5) is 38.9. The molecule has 0 aliphatic carbocycles. The third-order valence-electron chi connectivity index (χ3n) is 4.27. The van der Waals surface area contributed by atoms with Crippen molar-refractivity contribution in [2.75, 3.05) is 49.7 Å². The zero-order valence-electron chi connectivity index (χ0n) is 15.0. The zero-order chi connectivity index (χ0) is 19.9. The topological polar surface area (TPSA) is 150 Å². The first-order valence-corrected chi connectivity index (χ1v) is 8.65. The summed E-state index contributed by atoms with van der Waals surface area (Å²) in [6.45, 7) is 2.99. The van der Waals surface area contributed by atoms with Gasteiger partial charge in [0.25, 0.3) is 5.91 Å². The number of hydrogen-bond donors (Lipinski definition) is 3. The number of rotatable bonds is 7. The summed E-state index contributed by atoms with van der Waals surface area (Å²) < 4.78 is 0. The van der Waals surface area contributed by atoms with Crippen LogP contribution in [0.15, 0.2) is 30.7 Å². The Morgan fingerprint density at radius 2 is 2.00 bits per heavy atom. The molecule has 1 aliphatic rings. The van der Waals surface area contributed by atoms with Gasteiger partial charge in [0.2, 0.25) is 11.6 Å². The highest BCUT2D eigenvalue weighted by Crippen LogP contribution is 2.31. The average molecular weight is 388 g/mol. The van der Waals surface area contributed by atoms with Crippen molar-refractivity contribution in [2.45, 2.75) is 0 Å². The molecular weight excluding hydrogens is 368 g/mol. The number of amides is 1. The molecular formula is C16H20N8O4. The van der Waals surface area contributed by atoms with Gasteiger partial charge in [-0.05, 0) is 12.1 Å². The lowest BCUT2D eigenvalue weighted by Gasteiger charge is -2.34. The summed E-state index contributed by atoms with van der Waals surface area (Å²) in [5.74, 6) is -0.483. The van der Waals surface area contributed by atoms with Crippen molar-refractivity contribution >= 4 is 23.2 Å². The highest BCUT2D eigenvalue weighted by molar-refractivity contribution is 5.93. The van der Waals surface area contributed by atoms with Crippen molar-refractivity contribution in [1.29, 1.82) is 0 Å². The van der Waals surface area contributed by atoms with E-state index < -0.39 is 10.8 Å². The van der Waals surface area contributed by atoms with E-state index in [0.29, 0.717) is 32.7 Å². The predicted octanol–water partition coefficient (Wildman–Crippen LogP) is -0.349. The Kier molecular flexibility index (Phi) is 6.24. The molecule has 1 aliphatic heterocycles. The van der Waals surface area contributed by atoms with Gasteiger partial charge in [0, 0.05) is 38.9 Å². The molecule has 0 spiro atoms. The van der Waals surface area contributed by atoms with Crippen LogP contribution in [0.2, 0.25) is 0 Å². The summed E-state index contributed by atoms with van der Waals surface area (Å²) in [7, 11) is 0. The van der Waals surface area contributed by atoms with E-state index in [1.165, 1.54) is 18.6 Å². The first-order valence-electron chi connectivity index (χ1n) is 8.65. The number of hydrazine groups is 1. The number of pyridine rings is 1. The van der Waals surface area contributed by atoms with Crippen LogP contribution in [0.5, 0.6) is 0 Å². The van der Waals surface area contributed by atoms with Crippen LogP contribution >= 0.6 is 0 Å². The number of β-amino-alcohol motifs (C(OH)–C–C–N with tert-alkyl or cyclic N) is 1. The molecule has 2 aromatic rings.